The average molecular weight is 258 g/mol. The molecular weight excluding hydrogens is 240 g/mol. The molecule has 0 unspecified atom stereocenters. The number of piperidine rings is 1. The Hall–Kier alpha value is -0.850. The maximum atomic E-state index is 12.1. The van der Waals surface area contributed by atoms with Gasteiger partial charge in [0.2, 0.25) is 0 Å². The average Bonchev–Trinajstić information content (AvgIpc) is 2.80. The number of hydrogen-bond donors (Lipinski definition) is 1. The lowest BCUT2D eigenvalue weighted by Gasteiger charge is -2.32. The van der Waals surface area contributed by atoms with Crippen LogP contribution in [0.2, 0.25) is 0 Å². The zero-order valence-corrected chi connectivity index (χ0v) is 10.7. The van der Waals surface area contributed by atoms with Crippen molar-refractivity contribution in [1.29, 1.82) is 0 Å². The number of hydrogen-bond acceptors (Lipinski definition) is 3. The summed E-state index contributed by atoms with van der Waals surface area (Å²) in [7, 11) is -3.39. The van der Waals surface area contributed by atoms with Gasteiger partial charge in [-0.15, -0.1) is 0 Å². The summed E-state index contributed by atoms with van der Waals surface area (Å²) in [4.78, 5) is 0. The first-order chi connectivity index (χ1) is 8.09. The van der Waals surface area contributed by atoms with Crippen molar-refractivity contribution >= 4 is 10.2 Å². The summed E-state index contributed by atoms with van der Waals surface area (Å²) < 4.78 is 33.3. The zero-order chi connectivity index (χ0) is 12.3. The highest BCUT2D eigenvalue weighted by atomic mass is 32.2. The van der Waals surface area contributed by atoms with Crippen molar-refractivity contribution in [3.05, 3.63) is 24.2 Å². The quantitative estimate of drug-likeness (QED) is 0.890. The summed E-state index contributed by atoms with van der Waals surface area (Å²) in [6.45, 7) is 2.76. The van der Waals surface area contributed by atoms with Gasteiger partial charge in [-0.25, -0.2) is 0 Å². The molecule has 1 aromatic rings. The van der Waals surface area contributed by atoms with Gasteiger partial charge in [0.1, 0.15) is 5.76 Å². The highest BCUT2D eigenvalue weighted by Gasteiger charge is 2.29. The molecule has 1 atom stereocenters. The molecule has 1 aromatic heterocycles. The maximum Gasteiger partial charge on any atom is 0.280 e. The molecule has 1 N–H and O–H groups in total. The van der Waals surface area contributed by atoms with E-state index in [-0.39, 0.29) is 12.6 Å². The van der Waals surface area contributed by atoms with Gasteiger partial charge in [0.25, 0.3) is 10.2 Å². The van der Waals surface area contributed by atoms with Gasteiger partial charge >= 0.3 is 0 Å². The molecule has 1 fully saturated rings. The molecule has 96 valence electrons. The lowest BCUT2D eigenvalue weighted by Crippen LogP contribution is -2.47. The Balaban J connectivity index is 1.98. The van der Waals surface area contributed by atoms with E-state index in [0.29, 0.717) is 12.3 Å². The molecule has 1 aliphatic rings. The first-order valence-corrected chi connectivity index (χ1v) is 7.32. The molecule has 0 aliphatic carbocycles. The molecule has 0 bridgehead atoms. The van der Waals surface area contributed by atoms with E-state index >= 15 is 0 Å². The molecule has 2 rings (SSSR count). The van der Waals surface area contributed by atoms with Gasteiger partial charge in [-0.1, -0.05) is 6.42 Å². The van der Waals surface area contributed by atoms with Crippen molar-refractivity contribution in [1.82, 2.24) is 9.03 Å². The normalized spacial score (nSPS) is 22.8. The van der Waals surface area contributed by atoms with Gasteiger partial charge < -0.3 is 4.42 Å². The zero-order valence-electron chi connectivity index (χ0n) is 9.93. The van der Waals surface area contributed by atoms with E-state index in [9.17, 15) is 8.42 Å². The van der Waals surface area contributed by atoms with Crippen LogP contribution < -0.4 is 4.72 Å². The summed E-state index contributed by atoms with van der Waals surface area (Å²) in [5.41, 5.74) is 0. The first-order valence-electron chi connectivity index (χ1n) is 5.88. The summed E-state index contributed by atoms with van der Waals surface area (Å²) in [6, 6.07) is 3.58. The smallest absolute Gasteiger partial charge is 0.280 e. The van der Waals surface area contributed by atoms with Crippen molar-refractivity contribution < 1.29 is 12.8 Å². The van der Waals surface area contributed by atoms with E-state index in [4.69, 9.17) is 4.42 Å². The second kappa shape index (κ2) is 5.20. The highest BCUT2D eigenvalue weighted by Crippen LogP contribution is 2.19. The predicted octanol–water partition coefficient (Wildman–Crippen LogP) is 1.49. The Morgan fingerprint density at radius 3 is 3.00 bits per heavy atom. The van der Waals surface area contributed by atoms with Crippen LogP contribution in [-0.4, -0.2) is 25.3 Å². The second-order valence-electron chi connectivity index (χ2n) is 4.36. The van der Waals surface area contributed by atoms with Crippen LogP contribution in [0.25, 0.3) is 0 Å². The molecular formula is C11H18N2O3S. The van der Waals surface area contributed by atoms with Crippen LogP contribution in [0.4, 0.5) is 0 Å². The Bertz CT molecular complexity index is 441. The SMILES string of the molecule is C[C@H]1CCCCN1S(=O)(=O)NCc1ccco1. The molecule has 0 aromatic carbocycles. The van der Waals surface area contributed by atoms with Crippen LogP contribution in [0.15, 0.2) is 22.8 Å². The molecule has 0 spiro atoms. The van der Waals surface area contributed by atoms with Crippen molar-refractivity contribution in [3.63, 3.8) is 0 Å². The molecule has 0 radical (unpaired) electrons. The Kier molecular flexibility index (Phi) is 3.86. The molecule has 2 heterocycles. The van der Waals surface area contributed by atoms with Gasteiger partial charge in [-0.2, -0.15) is 17.4 Å². The number of rotatable bonds is 4. The van der Waals surface area contributed by atoms with Gasteiger partial charge in [0.05, 0.1) is 12.8 Å². The second-order valence-corrected chi connectivity index (χ2v) is 6.07. The minimum Gasteiger partial charge on any atom is -0.468 e. The van der Waals surface area contributed by atoms with Crippen molar-refractivity contribution in [2.45, 2.75) is 38.8 Å². The fourth-order valence-corrected chi connectivity index (χ4v) is 3.53. The molecule has 1 aliphatic heterocycles. The van der Waals surface area contributed by atoms with E-state index in [1.165, 1.54) is 6.26 Å². The third-order valence-electron chi connectivity index (χ3n) is 3.06. The maximum absolute atomic E-state index is 12.1. The van der Waals surface area contributed by atoms with E-state index in [1.807, 2.05) is 6.92 Å². The van der Waals surface area contributed by atoms with Crippen molar-refractivity contribution in [2.75, 3.05) is 6.54 Å². The minimum absolute atomic E-state index is 0.0813. The third kappa shape index (κ3) is 3.08. The van der Waals surface area contributed by atoms with Crippen molar-refractivity contribution in [3.8, 4) is 0 Å². The van der Waals surface area contributed by atoms with Crippen LogP contribution in [0.1, 0.15) is 31.9 Å². The Morgan fingerprint density at radius 2 is 2.35 bits per heavy atom. The lowest BCUT2D eigenvalue weighted by atomic mass is 10.1. The van der Waals surface area contributed by atoms with Crippen LogP contribution in [0.3, 0.4) is 0 Å². The van der Waals surface area contributed by atoms with Gasteiger partial charge in [-0.05, 0) is 31.9 Å². The summed E-state index contributed by atoms with van der Waals surface area (Å²) >= 11 is 0. The van der Waals surface area contributed by atoms with Crippen LogP contribution >= 0.6 is 0 Å². The highest BCUT2D eigenvalue weighted by molar-refractivity contribution is 7.87. The molecule has 6 heteroatoms. The summed E-state index contributed by atoms with van der Waals surface area (Å²) in [6.07, 6.45) is 4.51. The standard InChI is InChI=1S/C11H18N2O3S/c1-10-5-2-3-7-13(10)17(14,15)12-9-11-6-4-8-16-11/h4,6,8,10,12H,2-3,5,7,9H2,1H3/t10-/m0/s1. The Labute approximate surface area is 102 Å². The fourth-order valence-electron chi connectivity index (χ4n) is 2.09. The van der Waals surface area contributed by atoms with E-state index < -0.39 is 10.2 Å². The first kappa shape index (κ1) is 12.6. The summed E-state index contributed by atoms with van der Waals surface area (Å²) in [5.74, 6) is 0.623. The van der Waals surface area contributed by atoms with E-state index in [0.717, 1.165) is 19.3 Å². The number of nitrogens with zero attached hydrogens (tertiary/aromatic N) is 1. The van der Waals surface area contributed by atoms with E-state index in [2.05, 4.69) is 4.72 Å². The number of furan rings is 1. The number of nitrogens with one attached hydrogen (secondary N) is 1. The van der Waals surface area contributed by atoms with Gasteiger partial charge in [-0.3, -0.25) is 0 Å². The lowest BCUT2D eigenvalue weighted by molar-refractivity contribution is 0.265. The van der Waals surface area contributed by atoms with Crippen LogP contribution in [-0.2, 0) is 16.8 Å². The molecule has 5 nitrogen and oxygen atoms in total. The fraction of sp³-hybridized carbons (Fsp3) is 0.636. The minimum atomic E-state index is -3.39. The van der Waals surface area contributed by atoms with Gasteiger partial charge in [0, 0.05) is 12.6 Å². The largest absolute Gasteiger partial charge is 0.468 e. The van der Waals surface area contributed by atoms with Gasteiger partial charge in [0.15, 0.2) is 0 Å². The third-order valence-corrected chi connectivity index (χ3v) is 4.73. The van der Waals surface area contributed by atoms with Crippen LogP contribution in [0.5, 0.6) is 0 Å². The molecule has 17 heavy (non-hydrogen) atoms. The molecule has 0 saturated carbocycles. The monoisotopic (exact) mass is 258 g/mol. The topological polar surface area (TPSA) is 62.6 Å². The van der Waals surface area contributed by atoms with Crippen molar-refractivity contribution in [2.24, 2.45) is 0 Å². The Morgan fingerprint density at radius 1 is 1.53 bits per heavy atom. The van der Waals surface area contributed by atoms with Crippen LogP contribution in [0, 0.1) is 0 Å². The molecule has 0 amide bonds. The molecule has 1 saturated heterocycles. The van der Waals surface area contributed by atoms with E-state index in [1.54, 1.807) is 16.4 Å². The predicted molar refractivity (Wildman–Crippen MR) is 64.5 cm³/mol. The summed E-state index contributed by atoms with van der Waals surface area (Å²) in [5, 5.41) is 0.